The number of amides is 2. The molecule has 160 valence electrons. The minimum Gasteiger partial charge on any atom is -0.493 e. The number of carbonyl (C=O) groups excluding carboxylic acids is 2. The van der Waals surface area contributed by atoms with Gasteiger partial charge in [0.15, 0.2) is 11.5 Å². The summed E-state index contributed by atoms with van der Waals surface area (Å²) in [6, 6.07) is 3.98. The van der Waals surface area contributed by atoms with Gasteiger partial charge < -0.3 is 24.4 Å². The van der Waals surface area contributed by atoms with Crippen molar-refractivity contribution in [3.05, 3.63) is 17.7 Å². The quantitative estimate of drug-likeness (QED) is 0.721. The number of carbonyl (C=O) groups is 2. The second kappa shape index (κ2) is 8.93. The third-order valence-electron chi connectivity index (χ3n) is 6.29. The molecule has 7 nitrogen and oxygen atoms in total. The molecule has 1 unspecified atom stereocenters. The van der Waals surface area contributed by atoms with E-state index in [1.54, 1.807) is 26.2 Å². The molecule has 1 aliphatic heterocycles. The molecule has 0 aromatic heterocycles. The van der Waals surface area contributed by atoms with Crippen molar-refractivity contribution in [1.82, 2.24) is 10.2 Å². The molecule has 2 amide bonds. The maximum atomic E-state index is 13.0. The molecule has 1 saturated carbocycles. The van der Waals surface area contributed by atoms with E-state index < -0.39 is 5.54 Å². The van der Waals surface area contributed by atoms with Gasteiger partial charge in [-0.15, -0.1) is 0 Å². The largest absolute Gasteiger partial charge is 0.493 e. The minimum absolute atomic E-state index is 0.0218. The van der Waals surface area contributed by atoms with Crippen LogP contribution in [0.15, 0.2) is 12.1 Å². The molecule has 7 heteroatoms. The molecule has 0 bridgehead atoms. The van der Waals surface area contributed by atoms with E-state index >= 15 is 0 Å². The summed E-state index contributed by atoms with van der Waals surface area (Å²) in [7, 11) is 4.73. The van der Waals surface area contributed by atoms with Crippen LogP contribution in [0.25, 0.3) is 0 Å². The zero-order valence-corrected chi connectivity index (χ0v) is 17.9. The molecule has 1 heterocycles. The Morgan fingerprint density at radius 1 is 1.14 bits per heavy atom. The molecule has 1 atom stereocenters. The molecule has 1 aliphatic carbocycles. The van der Waals surface area contributed by atoms with Crippen molar-refractivity contribution >= 4 is 11.8 Å². The Hall–Kier alpha value is -2.44. The fraction of sp³-hybridized carbons (Fsp3) is 0.636. The molecule has 1 aromatic carbocycles. The zero-order chi connectivity index (χ0) is 21.0. The van der Waals surface area contributed by atoms with Crippen LogP contribution in [0.1, 0.15) is 51.0 Å². The van der Waals surface area contributed by atoms with Gasteiger partial charge >= 0.3 is 0 Å². The van der Waals surface area contributed by atoms with Gasteiger partial charge in [0, 0.05) is 24.6 Å². The fourth-order valence-electron chi connectivity index (χ4n) is 4.51. The van der Waals surface area contributed by atoms with Gasteiger partial charge in [-0.1, -0.05) is 18.9 Å². The molecule has 0 radical (unpaired) electrons. The lowest BCUT2D eigenvalue weighted by molar-refractivity contribution is -0.140. The summed E-state index contributed by atoms with van der Waals surface area (Å²) in [6.07, 6.45) is 5.87. The minimum atomic E-state index is -0.802. The monoisotopic (exact) mass is 404 g/mol. The normalized spacial score (nSPS) is 22.1. The third-order valence-corrected chi connectivity index (χ3v) is 6.29. The Balaban J connectivity index is 1.76. The average molecular weight is 405 g/mol. The molecule has 3 rings (SSSR count). The topological polar surface area (TPSA) is 77.1 Å². The fourth-order valence-corrected chi connectivity index (χ4v) is 4.51. The van der Waals surface area contributed by atoms with E-state index in [4.69, 9.17) is 14.2 Å². The first-order chi connectivity index (χ1) is 13.9. The van der Waals surface area contributed by atoms with Gasteiger partial charge in [0.2, 0.25) is 17.6 Å². The van der Waals surface area contributed by atoms with Gasteiger partial charge in [-0.2, -0.15) is 0 Å². The van der Waals surface area contributed by atoms with Crippen molar-refractivity contribution in [2.75, 3.05) is 27.9 Å². The van der Waals surface area contributed by atoms with Crippen LogP contribution in [0.4, 0.5) is 0 Å². The summed E-state index contributed by atoms with van der Waals surface area (Å²) in [4.78, 5) is 27.4. The second-order valence-electron chi connectivity index (χ2n) is 8.02. The number of methoxy groups -OCH3 is 3. The van der Waals surface area contributed by atoms with E-state index in [1.165, 1.54) is 0 Å². The summed E-state index contributed by atoms with van der Waals surface area (Å²) in [5, 5.41) is 3.17. The van der Waals surface area contributed by atoms with Gasteiger partial charge in [-0.3, -0.25) is 9.59 Å². The Kier molecular flexibility index (Phi) is 6.55. The van der Waals surface area contributed by atoms with Crippen molar-refractivity contribution in [3.8, 4) is 17.2 Å². The summed E-state index contributed by atoms with van der Waals surface area (Å²) in [5.41, 5.74) is 0.104. The highest BCUT2D eigenvalue weighted by atomic mass is 16.5. The Morgan fingerprint density at radius 3 is 2.45 bits per heavy atom. The van der Waals surface area contributed by atoms with Crippen LogP contribution in [0.5, 0.6) is 17.2 Å². The van der Waals surface area contributed by atoms with Crippen molar-refractivity contribution in [2.45, 2.75) is 63.5 Å². The van der Waals surface area contributed by atoms with Gasteiger partial charge in [-0.25, -0.2) is 0 Å². The van der Waals surface area contributed by atoms with Gasteiger partial charge in [0.25, 0.3) is 0 Å². The molecule has 29 heavy (non-hydrogen) atoms. The average Bonchev–Trinajstić information content (AvgIpc) is 3.34. The van der Waals surface area contributed by atoms with E-state index in [2.05, 4.69) is 5.32 Å². The molecular formula is C22H32N2O5. The number of ether oxygens (including phenoxy) is 3. The lowest BCUT2D eigenvalue weighted by atomic mass is 9.96. The van der Waals surface area contributed by atoms with E-state index in [0.717, 1.165) is 31.2 Å². The number of nitrogens with one attached hydrogen (secondary N) is 1. The maximum Gasteiger partial charge on any atom is 0.245 e. The van der Waals surface area contributed by atoms with Crippen LogP contribution >= 0.6 is 0 Å². The Bertz CT molecular complexity index is 760. The van der Waals surface area contributed by atoms with Crippen molar-refractivity contribution < 1.29 is 23.8 Å². The first-order valence-corrected chi connectivity index (χ1v) is 10.3. The summed E-state index contributed by atoms with van der Waals surface area (Å²) in [5.74, 6) is 1.70. The summed E-state index contributed by atoms with van der Waals surface area (Å²) < 4.78 is 16.3. The molecule has 2 aliphatic rings. The van der Waals surface area contributed by atoms with Gasteiger partial charge in [0.1, 0.15) is 5.54 Å². The van der Waals surface area contributed by atoms with Crippen LogP contribution in [-0.2, 0) is 16.0 Å². The summed E-state index contributed by atoms with van der Waals surface area (Å²) in [6.45, 7) is 2.33. The van der Waals surface area contributed by atoms with Crippen LogP contribution < -0.4 is 19.5 Å². The third kappa shape index (κ3) is 4.14. The maximum absolute atomic E-state index is 13.0. The van der Waals surface area contributed by atoms with Crippen LogP contribution in [0.3, 0.4) is 0 Å². The Morgan fingerprint density at radius 2 is 1.83 bits per heavy atom. The van der Waals surface area contributed by atoms with Crippen LogP contribution in [0.2, 0.25) is 0 Å². The van der Waals surface area contributed by atoms with E-state index in [0.29, 0.717) is 43.1 Å². The van der Waals surface area contributed by atoms with Crippen LogP contribution in [0, 0.1) is 0 Å². The summed E-state index contributed by atoms with van der Waals surface area (Å²) >= 11 is 0. The van der Waals surface area contributed by atoms with E-state index in [1.807, 2.05) is 19.1 Å². The van der Waals surface area contributed by atoms with Crippen LogP contribution in [-0.4, -0.2) is 56.2 Å². The number of likely N-dealkylation sites (tertiary alicyclic amines) is 1. The predicted molar refractivity (Wildman–Crippen MR) is 110 cm³/mol. The number of nitrogens with zero attached hydrogens (tertiary/aromatic N) is 1. The Labute approximate surface area is 172 Å². The molecular weight excluding hydrogens is 372 g/mol. The molecule has 1 saturated heterocycles. The second-order valence-corrected chi connectivity index (χ2v) is 8.02. The number of rotatable bonds is 8. The number of hydrogen-bond acceptors (Lipinski definition) is 5. The molecule has 1 aromatic rings. The van der Waals surface area contributed by atoms with Crippen molar-refractivity contribution in [3.63, 3.8) is 0 Å². The smallest absolute Gasteiger partial charge is 0.245 e. The SMILES string of the molecule is COc1ccc(CCN2C(=O)CCC2(C)C(=O)NC2CCCC2)c(OC)c1OC. The molecule has 0 spiro atoms. The lowest BCUT2D eigenvalue weighted by Crippen LogP contribution is -2.56. The van der Waals surface area contributed by atoms with Crippen molar-refractivity contribution in [2.24, 2.45) is 0 Å². The van der Waals surface area contributed by atoms with Gasteiger partial charge in [-0.05, 0) is 38.7 Å². The highest BCUT2D eigenvalue weighted by Crippen LogP contribution is 2.40. The lowest BCUT2D eigenvalue weighted by Gasteiger charge is -2.35. The number of hydrogen-bond donors (Lipinski definition) is 1. The zero-order valence-electron chi connectivity index (χ0n) is 17.9. The van der Waals surface area contributed by atoms with Crippen molar-refractivity contribution in [1.29, 1.82) is 0 Å². The highest BCUT2D eigenvalue weighted by molar-refractivity contribution is 5.94. The first-order valence-electron chi connectivity index (χ1n) is 10.3. The standard InChI is InChI=1S/C22H32N2O5/c1-22(21(26)23-16-7-5-6-8-16)13-11-18(25)24(22)14-12-15-9-10-17(27-2)20(29-4)19(15)28-3/h9-10,16H,5-8,11-14H2,1-4H3,(H,23,26). The molecule has 2 fully saturated rings. The van der Waals surface area contributed by atoms with E-state index in [-0.39, 0.29) is 17.9 Å². The van der Waals surface area contributed by atoms with Gasteiger partial charge in [0.05, 0.1) is 21.3 Å². The van der Waals surface area contributed by atoms with E-state index in [9.17, 15) is 9.59 Å². The highest BCUT2D eigenvalue weighted by Gasteiger charge is 2.47. The number of benzene rings is 1. The first kappa shape index (κ1) is 21.3. The molecule has 1 N–H and O–H groups in total. The predicted octanol–water partition coefficient (Wildman–Crippen LogP) is 2.69.